The molecule has 1 aromatic carbocycles. The number of aromatic amines is 1. The highest BCUT2D eigenvalue weighted by Crippen LogP contribution is 2.29. The lowest BCUT2D eigenvalue weighted by Crippen LogP contribution is -2.01. The molecule has 0 unspecified atom stereocenters. The summed E-state index contributed by atoms with van der Waals surface area (Å²) < 4.78 is 0. The predicted molar refractivity (Wildman–Crippen MR) is 76.2 cm³/mol. The van der Waals surface area contributed by atoms with Gasteiger partial charge in [0.2, 0.25) is 0 Å². The fraction of sp³-hybridized carbons (Fsp3) is 0. The molecule has 5 nitrogen and oxygen atoms in total. The Morgan fingerprint density at radius 2 is 2.05 bits per heavy atom. The average Bonchev–Trinajstić information content (AvgIpc) is 2.98. The number of rotatable bonds is 2. The van der Waals surface area contributed by atoms with E-state index in [1.807, 2.05) is 30.3 Å². The Morgan fingerprint density at radius 3 is 2.74 bits per heavy atom. The first-order chi connectivity index (χ1) is 9.24. The topological polar surface area (TPSA) is 84.1 Å². The van der Waals surface area contributed by atoms with E-state index in [0.29, 0.717) is 4.91 Å². The van der Waals surface area contributed by atoms with E-state index < -0.39 is 0 Å². The summed E-state index contributed by atoms with van der Waals surface area (Å²) in [6.07, 6.45) is 3.43. The summed E-state index contributed by atoms with van der Waals surface area (Å²) in [5.41, 5.74) is 8.24. The molecule has 1 aliphatic rings. The molecule has 0 radical (unpaired) electrons. The highest BCUT2D eigenvalue weighted by Gasteiger charge is 2.20. The van der Waals surface area contributed by atoms with Crippen molar-refractivity contribution >= 4 is 28.9 Å². The van der Waals surface area contributed by atoms with Gasteiger partial charge in [-0.15, -0.1) is 0 Å². The summed E-state index contributed by atoms with van der Waals surface area (Å²) in [6, 6.07) is 9.80. The number of H-pyrrole nitrogens is 1. The van der Waals surface area contributed by atoms with Crippen LogP contribution in [0.2, 0.25) is 0 Å². The van der Waals surface area contributed by atoms with Gasteiger partial charge in [-0.2, -0.15) is 10.1 Å². The highest BCUT2D eigenvalue weighted by molar-refractivity contribution is 8.18. The number of carbonyl (C=O) groups excluding carboxylic acids is 1. The fourth-order valence-corrected chi connectivity index (χ4v) is 2.48. The molecule has 1 amide bonds. The summed E-state index contributed by atoms with van der Waals surface area (Å²) in [7, 11) is 0. The van der Waals surface area contributed by atoms with E-state index >= 15 is 0 Å². The van der Waals surface area contributed by atoms with Gasteiger partial charge in [0.05, 0.1) is 16.8 Å². The largest absolute Gasteiger partial charge is 0.378 e. The zero-order chi connectivity index (χ0) is 13.2. The molecule has 1 aromatic heterocycles. The summed E-state index contributed by atoms with van der Waals surface area (Å²) in [5, 5.41) is 7.24. The molecule has 0 fully saturated rings. The van der Waals surface area contributed by atoms with Crippen molar-refractivity contribution in [3.05, 3.63) is 47.0 Å². The van der Waals surface area contributed by atoms with Crippen LogP contribution in [0.4, 0.5) is 0 Å². The molecule has 2 heterocycles. The Kier molecular flexibility index (Phi) is 2.92. The van der Waals surface area contributed by atoms with Crippen LogP contribution in [0.25, 0.3) is 17.3 Å². The second kappa shape index (κ2) is 4.74. The molecular formula is C13H10N4OS. The molecule has 94 valence electrons. The maximum Gasteiger partial charge on any atom is 0.286 e. The summed E-state index contributed by atoms with van der Waals surface area (Å²) in [5.74, 6) is -0.303. The lowest BCUT2D eigenvalue weighted by atomic mass is 10.1. The molecule has 0 saturated heterocycles. The lowest BCUT2D eigenvalue weighted by Gasteiger charge is -1.99. The van der Waals surface area contributed by atoms with Crippen molar-refractivity contribution in [2.75, 3.05) is 0 Å². The molecule has 3 N–H and O–H groups in total. The van der Waals surface area contributed by atoms with Crippen molar-refractivity contribution in [3.8, 4) is 11.3 Å². The highest BCUT2D eigenvalue weighted by atomic mass is 32.2. The Labute approximate surface area is 113 Å². The molecular weight excluding hydrogens is 260 g/mol. The van der Waals surface area contributed by atoms with Gasteiger partial charge in [-0.05, 0) is 17.8 Å². The van der Waals surface area contributed by atoms with Gasteiger partial charge in [-0.3, -0.25) is 9.89 Å². The van der Waals surface area contributed by atoms with Crippen molar-refractivity contribution in [1.29, 1.82) is 0 Å². The van der Waals surface area contributed by atoms with E-state index in [-0.39, 0.29) is 11.1 Å². The van der Waals surface area contributed by atoms with Crippen LogP contribution in [0.3, 0.4) is 0 Å². The molecule has 2 aromatic rings. The van der Waals surface area contributed by atoms with E-state index in [1.165, 1.54) is 11.8 Å². The number of amidine groups is 1. The fourth-order valence-electron chi connectivity index (χ4n) is 1.81. The van der Waals surface area contributed by atoms with Gasteiger partial charge in [0, 0.05) is 11.1 Å². The van der Waals surface area contributed by atoms with Crippen LogP contribution in [-0.2, 0) is 4.79 Å². The zero-order valence-electron chi connectivity index (χ0n) is 9.83. The Bertz CT molecular complexity index is 688. The number of benzene rings is 1. The van der Waals surface area contributed by atoms with Gasteiger partial charge in [0.25, 0.3) is 5.91 Å². The molecule has 19 heavy (non-hydrogen) atoms. The smallest absolute Gasteiger partial charge is 0.286 e. The van der Waals surface area contributed by atoms with E-state index in [0.717, 1.165) is 16.8 Å². The molecule has 0 bridgehead atoms. The number of thioether (sulfide) groups is 1. The monoisotopic (exact) mass is 270 g/mol. The Hall–Kier alpha value is -2.34. The number of aliphatic imine (C=N–C) groups is 1. The first-order valence-corrected chi connectivity index (χ1v) is 6.42. The third-order valence-electron chi connectivity index (χ3n) is 2.65. The van der Waals surface area contributed by atoms with Crippen molar-refractivity contribution in [1.82, 2.24) is 10.2 Å². The van der Waals surface area contributed by atoms with Crippen LogP contribution >= 0.6 is 11.8 Å². The molecule has 0 aliphatic carbocycles. The number of nitrogens with zero attached hydrogens (tertiary/aromatic N) is 2. The number of hydrogen-bond acceptors (Lipinski definition) is 4. The SMILES string of the molecule is NC1=NC(=O)/C(=C/c2cn[nH]c2-c2ccccc2)S1. The van der Waals surface area contributed by atoms with Gasteiger partial charge >= 0.3 is 0 Å². The molecule has 0 atom stereocenters. The number of aromatic nitrogens is 2. The zero-order valence-corrected chi connectivity index (χ0v) is 10.6. The van der Waals surface area contributed by atoms with Gasteiger partial charge in [0.15, 0.2) is 5.17 Å². The Balaban J connectivity index is 1.99. The standard InChI is InChI=1S/C13H10N4OS/c14-13-16-12(18)10(19-13)6-9-7-15-17-11(9)8-4-2-1-3-5-8/h1-7H,(H,15,17)(H2,14,16,18)/b10-6-. The third-order valence-corrected chi connectivity index (χ3v) is 3.47. The number of hydrogen-bond donors (Lipinski definition) is 2. The molecule has 6 heteroatoms. The second-order valence-electron chi connectivity index (χ2n) is 3.93. The van der Waals surface area contributed by atoms with Gasteiger partial charge in [-0.1, -0.05) is 30.3 Å². The average molecular weight is 270 g/mol. The summed E-state index contributed by atoms with van der Waals surface area (Å²) in [6.45, 7) is 0. The normalized spacial score (nSPS) is 16.9. The maximum absolute atomic E-state index is 11.6. The summed E-state index contributed by atoms with van der Waals surface area (Å²) in [4.78, 5) is 15.8. The van der Waals surface area contributed by atoms with E-state index in [2.05, 4.69) is 15.2 Å². The van der Waals surface area contributed by atoms with Gasteiger partial charge in [0.1, 0.15) is 0 Å². The maximum atomic E-state index is 11.6. The minimum absolute atomic E-state index is 0.279. The Morgan fingerprint density at radius 1 is 1.26 bits per heavy atom. The first-order valence-electron chi connectivity index (χ1n) is 5.61. The number of amides is 1. The minimum Gasteiger partial charge on any atom is -0.378 e. The number of carbonyl (C=O) groups is 1. The second-order valence-corrected chi connectivity index (χ2v) is 4.99. The van der Waals surface area contributed by atoms with Crippen molar-refractivity contribution in [3.63, 3.8) is 0 Å². The lowest BCUT2D eigenvalue weighted by molar-refractivity contribution is -0.113. The third kappa shape index (κ3) is 2.30. The molecule has 3 rings (SSSR count). The van der Waals surface area contributed by atoms with Gasteiger partial charge < -0.3 is 5.73 Å². The molecule has 1 aliphatic heterocycles. The van der Waals surface area contributed by atoms with Crippen molar-refractivity contribution < 1.29 is 4.79 Å². The van der Waals surface area contributed by atoms with Crippen LogP contribution in [0.5, 0.6) is 0 Å². The number of nitrogens with two attached hydrogens (primary N) is 1. The molecule has 0 spiro atoms. The van der Waals surface area contributed by atoms with Crippen LogP contribution in [0.1, 0.15) is 5.56 Å². The quantitative estimate of drug-likeness (QED) is 0.817. The van der Waals surface area contributed by atoms with E-state index in [9.17, 15) is 4.79 Å². The van der Waals surface area contributed by atoms with Gasteiger partial charge in [-0.25, -0.2) is 0 Å². The minimum atomic E-state index is -0.303. The van der Waals surface area contributed by atoms with Crippen LogP contribution in [0.15, 0.2) is 46.4 Å². The van der Waals surface area contributed by atoms with Crippen molar-refractivity contribution in [2.24, 2.45) is 10.7 Å². The molecule has 0 saturated carbocycles. The predicted octanol–water partition coefficient (Wildman–Crippen LogP) is 2.01. The number of nitrogens with one attached hydrogen (secondary N) is 1. The van der Waals surface area contributed by atoms with E-state index in [1.54, 1.807) is 12.3 Å². The van der Waals surface area contributed by atoms with E-state index in [4.69, 9.17) is 5.73 Å². The summed E-state index contributed by atoms with van der Waals surface area (Å²) >= 11 is 1.17. The van der Waals surface area contributed by atoms with Crippen molar-refractivity contribution in [2.45, 2.75) is 0 Å². The van der Waals surface area contributed by atoms with Crippen LogP contribution < -0.4 is 5.73 Å². The first kappa shape index (κ1) is 11.7. The van der Waals surface area contributed by atoms with Crippen LogP contribution in [0, 0.1) is 0 Å². The van der Waals surface area contributed by atoms with Crippen LogP contribution in [-0.4, -0.2) is 21.3 Å².